The Hall–Kier alpha value is -4.79. The molecule has 0 bridgehead atoms. The number of benzene rings is 3. The van der Waals surface area contributed by atoms with Gasteiger partial charge in [0, 0.05) is 13.6 Å². The number of hydrogen-bond acceptors (Lipinski definition) is 5. The normalized spacial score (nSPS) is 12.5. The molecule has 0 fully saturated rings. The summed E-state index contributed by atoms with van der Waals surface area (Å²) in [6.07, 6.45) is 1.42. The van der Waals surface area contributed by atoms with Crippen molar-refractivity contribution in [3.05, 3.63) is 119 Å². The molecular formula is C30H30FN5O3. The number of nitrogens with zero attached hydrogens (tertiary/aromatic N) is 4. The third-order valence-electron chi connectivity index (χ3n) is 5.95. The number of halogens is 1. The summed E-state index contributed by atoms with van der Waals surface area (Å²) in [6.45, 7) is 3.41. The second-order valence-corrected chi connectivity index (χ2v) is 9.04. The molecule has 39 heavy (non-hydrogen) atoms. The molecule has 5 rings (SSSR count). The summed E-state index contributed by atoms with van der Waals surface area (Å²) in [5, 5.41) is 8.42. The predicted octanol–water partition coefficient (Wildman–Crippen LogP) is 4.37. The molecule has 0 unspecified atom stereocenters. The Balaban J connectivity index is 0.000000438. The van der Waals surface area contributed by atoms with Crippen molar-refractivity contribution in [1.29, 1.82) is 0 Å². The van der Waals surface area contributed by atoms with Gasteiger partial charge < -0.3 is 9.64 Å². The molecular weight excluding hydrogens is 497 g/mol. The number of ether oxygens (including phenoxy) is 1. The van der Waals surface area contributed by atoms with Gasteiger partial charge in [-0.05, 0) is 30.2 Å². The van der Waals surface area contributed by atoms with Crippen LogP contribution in [0, 0.1) is 12.7 Å². The summed E-state index contributed by atoms with van der Waals surface area (Å²) in [6, 6.07) is 25.5. The van der Waals surface area contributed by atoms with E-state index in [4.69, 9.17) is 4.74 Å². The quantitative estimate of drug-likeness (QED) is 0.286. The number of carbonyl (C=O) groups is 2. The molecule has 2 heterocycles. The number of aromatic nitrogens is 2. The van der Waals surface area contributed by atoms with Gasteiger partial charge in [0.05, 0.1) is 19.2 Å². The molecule has 4 aromatic rings. The number of nitrogens with one attached hydrogen (secondary N) is 1. The number of likely N-dealkylation sites (N-methyl/N-ethyl adjacent to an activating group) is 1. The van der Waals surface area contributed by atoms with E-state index in [0.29, 0.717) is 35.8 Å². The molecule has 8 nitrogen and oxygen atoms in total. The van der Waals surface area contributed by atoms with Gasteiger partial charge in [0.1, 0.15) is 18.1 Å². The first-order valence-electron chi connectivity index (χ1n) is 12.5. The third kappa shape index (κ3) is 7.61. The van der Waals surface area contributed by atoms with Crippen LogP contribution in [-0.2, 0) is 24.4 Å². The van der Waals surface area contributed by atoms with Gasteiger partial charge >= 0.3 is 0 Å². The lowest BCUT2D eigenvalue weighted by Gasteiger charge is -2.23. The van der Waals surface area contributed by atoms with Crippen LogP contribution in [0.3, 0.4) is 0 Å². The average molecular weight is 528 g/mol. The summed E-state index contributed by atoms with van der Waals surface area (Å²) < 4.78 is 20.6. The van der Waals surface area contributed by atoms with Crippen LogP contribution in [0.4, 0.5) is 4.39 Å². The largest absolute Gasteiger partial charge is 0.484 e. The second-order valence-electron chi connectivity index (χ2n) is 9.04. The van der Waals surface area contributed by atoms with E-state index in [0.717, 1.165) is 5.56 Å². The van der Waals surface area contributed by atoms with Crippen LogP contribution in [0.15, 0.2) is 90.0 Å². The lowest BCUT2D eigenvalue weighted by Crippen LogP contribution is -2.37. The van der Waals surface area contributed by atoms with E-state index in [2.05, 4.69) is 34.7 Å². The Labute approximate surface area is 226 Å². The lowest BCUT2D eigenvalue weighted by molar-refractivity contribution is -0.120. The fraction of sp³-hybridized carbons (Fsp3) is 0.200. The molecule has 0 radical (unpaired) electrons. The molecule has 0 aliphatic carbocycles. The maximum absolute atomic E-state index is 13.0. The SMILES string of the molecule is CN1CCn2nc(/C=N/NC(=O)Cc3ccc(F)cc3)c(OCc3ccccc3)c2C1=O.Cc1ccccc1. The summed E-state index contributed by atoms with van der Waals surface area (Å²) in [4.78, 5) is 26.5. The van der Waals surface area contributed by atoms with Crippen molar-refractivity contribution >= 4 is 18.0 Å². The first-order chi connectivity index (χ1) is 18.9. The lowest BCUT2D eigenvalue weighted by atomic mass is 10.1. The summed E-state index contributed by atoms with van der Waals surface area (Å²) in [5.41, 5.74) is 6.07. The predicted molar refractivity (Wildman–Crippen MR) is 147 cm³/mol. The topological polar surface area (TPSA) is 88.8 Å². The summed E-state index contributed by atoms with van der Waals surface area (Å²) >= 11 is 0. The zero-order valence-corrected chi connectivity index (χ0v) is 21.9. The van der Waals surface area contributed by atoms with Crippen LogP contribution in [-0.4, -0.2) is 46.3 Å². The number of aryl methyl sites for hydroxylation is 1. The van der Waals surface area contributed by atoms with Crippen molar-refractivity contribution in [1.82, 2.24) is 20.1 Å². The summed E-state index contributed by atoms with van der Waals surface area (Å²) in [5.74, 6) is -0.590. The van der Waals surface area contributed by atoms with Crippen molar-refractivity contribution in [3.8, 4) is 5.75 Å². The molecule has 2 amide bonds. The fourth-order valence-corrected chi connectivity index (χ4v) is 3.84. The maximum Gasteiger partial charge on any atom is 0.275 e. The Kier molecular flexibility index (Phi) is 9.18. The van der Waals surface area contributed by atoms with Crippen LogP contribution in [0.2, 0.25) is 0 Å². The Morgan fingerprint density at radius 2 is 1.67 bits per heavy atom. The van der Waals surface area contributed by atoms with E-state index in [1.54, 1.807) is 28.8 Å². The van der Waals surface area contributed by atoms with Gasteiger partial charge in [-0.15, -0.1) is 0 Å². The molecule has 0 saturated heterocycles. The molecule has 0 spiro atoms. The van der Waals surface area contributed by atoms with E-state index < -0.39 is 0 Å². The molecule has 3 aromatic carbocycles. The van der Waals surface area contributed by atoms with E-state index in [1.165, 1.54) is 23.9 Å². The van der Waals surface area contributed by atoms with Crippen molar-refractivity contribution in [3.63, 3.8) is 0 Å². The van der Waals surface area contributed by atoms with Gasteiger partial charge in [0.2, 0.25) is 5.91 Å². The standard InChI is InChI=1S/C23H22FN5O3.C7H8/c1-28-11-12-29-21(23(28)31)22(32-15-17-5-3-2-4-6-17)19(27-29)14-25-26-20(30)13-16-7-9-18(24)10-8-16;1-7-5-3-2-4-6-7/h2-10,14H,11-13,15H2,1H3,(H,26,30);2-6H,1H3/b25-14+;. The Morgan fingerprint density at radius 3 is 2.31 bits per heavy atom. The monoisotopic (exact) mass is 527 g/mol. The van der Waals surface area contributed by atoms with E-state index in [9.17, 15) is 14.0 Å². The maximum atomic E-state index is 13.0. The number of amides is 2. The van der Waals surface area contributed by atoms with Gasteiger partial charge in [0.25, 0.3) is 5.91 Å². The van der Waals surface area contributed by atoms with Gasteiger partial charge in [-0.2, -0.15) is 10.2 Å². The minimum absolute atomic E-state index is 0.0535. The van der Waals surface area contributed by atoms with Crippen LogP contribution in [0.1, 0.15) is 32.9 Å². The molecule has 1 aliphatic rings. The van der Waals surface area contributed by atoms with Gasteiger partial charge in [-0.3, -0.25) is 14.3 Å². The van der Waals surface area contributed by atoms with Gasteiger partial charge in [0.15, 0.2) is 11.4 Å². The van der Waals surface area contributed by atoms with E-state index >= 15 is 0 Å². The number of hydrogen-bond donors (Lipinski definition) is 1. The molecule has 200 valence electrons. The van der Waals surface area contributed by atoms with Crippen molar-refractivity contribution in [2.45, 2.75) is 26.5 Å². The molecule has 9 heteroatoms. The highest BCUT2D eigenvalue weighted by Gasteiger charge is 2.30. The van der Waals surface area contributed by atoms with Crippen molar-refractivity contribution < 1.29 is 18.7 Å². The molecule has 1 N–H and O–H groups in total. The Morgan fingerprint density at radius 1 is 1.00 bits per heavy atom. The Bertz CT molecular complexity index is 1420. The first kappa shape index (κ1) is 27.3. The number of hydrazone groups is 1. The molecule has 0 atom stereocenters. The van der Waals surface area contributed by atoms with E-state index in [1.807, 2.05) is 48.5 Å². The fourth-order valence-electron chi connectivity index (χ4n) is 3.84. The van der Waals surface area contributed by atoms with Crippen LogP contribution < -0.4 is 10.2 Å². The second kappa shape index (κ2) is 13.1. The van der Waals surface area contributed by atoms with Crippen LogP contribution in [0.5, 0.6) is 5.75 Å². The number of carbonyl (C=O) groups excluding carboxylic acids is 2. The van der Waals surface area contributed by atoms with Crippen molar-refractivity contribution in [2.75, 3.05) is 13.6 Å². The molecule has 1 aliphatic heterocycles. The number of rotatable bonds is 7. The van der Waals surface area contributed by atoms with Crippen LogP contribution >= 0.6 is 0 Å². The third-order valence-corrected chi connectivity index (χ3v) is 5.95. The van der Waals surface area contributed by atoms with Gasteiger partial charge in [-0.25, -0.2) is 9.82 Å². The molecule has 0 saturated carbocycles. The highest BCUT2D eigenvalue weighted by atomic mass is 19.1. The minimum atomic E-state index is -0.362. The summed E-state index contributed by atoms with van der Waals surface area (Å²) in [7, 11) is 1.73. The molecule has 1 aromatic heterocycles. The zero-order valence-electron chi connectivity index (χ0n) is 21.9. The zero-order chi connectivity index (χ0) is 27.6. The highest BCUT2D eigenvalue weighted by Crippen LogP contribution is 2.27. The smallest absolute Gasteiger partial charge is 0.275 e. The number of fused-ring (bicyclic) bond motifs is 1. The minimum Gasteiger partial charge on any atom is -0.484 e. The van der Waals surface area contributed by atoms with Crippen LogP contribution in [0.25, 0.3) is 0 Å². The first-order valence-corrected chi connectivity index (χ1v) is 12.5. The van der Waals surface area contributed by atoms with Crippen molar-refractivity contribution in [2.24, 2.45) is 5.10 Å². The highest BCUT2D eigenvalue weighted by molar-refractivity contribution is 5.99. The van der Waals surface area contributed by atoms with E-state index in [-0.39, 0.29) is 30.7 Å². The average Bonchev–Trinajstić information content (AvgIpc) is 3.30. The van der Waals surface area contributed by atoms with Gasteiger partial charge in [-0.1, -0.05) is 78.4 Å².